The second-order valence-corrected chi connectivity index (χ2v) is 8.44. The molecule has 0 radical (unpaired) electrons. The van der Waals surface area contributed by atoms with Gasteiger partial charge in [0.2, 0.25) is 0 Å². The van der Waals surface area contributed by atoms with Gasteiger partial charge in [-0.2, -0.15) is 0 Å². The Balaban J connectivity index is 2.23. The second kappa shape index (κ2) is 7.99. The number of hydrogen-bond acceptors (Lipinski definition) is 2. The smallest absolute Gasteiger partial charge is 0.144 e. The maximum absolute atomic E-state index is 13.6. The van der Waals surface area contributed by atoms with Gasteiger partial charge in [0.25, 0.3) is 0 Å². The highest BCUT2D eigenvalue weighted by Gasteiger charge is 2.25. The summed E-state index contributed by atoms with van der Waals surface area (Å²) in [6.45, 7) is 0.737. The van der Waals surface area contributed by atoms with Gasteiger partial charge in [0, 0.05) is 23.2 Å². The highest BCUT2D eigenvalue weighted by atomic mass is 31.2. The molecule has 0 N–H and O–H groups in total. The second-order valence-electron chi connectivity index (χ2n) is 5.48. The summed E-state index contributed by atoms with van der Waals surface area (Å²) in [7, 11) is 1.38. The lowest BCUT2D eigenvalue weighted by Gasteiger charge is -2.18. The summed E-state index contributed by atoms with van der Waals surface area (Å²) < 4.78 is 13.6. The van der Waals surface area contributed by atoms with Crippen molar-refractivity contribution >= 4 is 17.8 Å². The molecule has 3 heteroatoms. The monoisotopic (exact) mass is 311 g/mol. The molecule has 0 aliphatic carbocycles. The van der Waals surface area contributed by atoms with Gasteiger partial charge >= 0.3 is 0 Å². The molecule has 114 valence electrons. The van der Waals surface area contributed by atoms with Crippen LogP contribution >= 0.6 is 7.14 Å². The van der Waals surface area contributed by atoms with Crippen LogP contribution in [0.4, 0.5) is 0 Å². The van der Waals surface area contributed by atoms with Gasteiger partial charge in [-0.1, -0.05) is 66.6 Å². The van der Waals surface area contributed by atoms with Crippen LogP contribution in [0.2, 0.25) is 0 Å². The standard InChI is InChI=1S/C19H22NOP/c1-20(2)16-10-5-11-17-22(21,18-12-6-3-7-13-18)19-14-8-4-9-15-19/h3-4,6-9,12-15H,11,16-17H2,1-2H3. The van der Waals surface area contributed by atoms with E-state index < -0.39 is 7.14 Å². The van der Waals surface area contributed by atoms with Crippen molar-refractivity contribution in [3.63, 3.8) is 0 Å². The van der Waals surface area contributed by atoms with Crippen molar-refractivity contribution in [1.29, 1.82) is 0 Å². The SMILES string of the molecule is CN(C)CC#CCCP(=O)(c1ccccc1)c1ccccc1. The molecule has 0 heterocycles. The Hall–Kier alpha value is -1.81. The minimum atomic E-state index is -2.60. The molecular weight excluding hydrogens is 289 g/mol. The molecular formula is C19H22NOP. The summed E-state index contributed by atoms with van der Waals surface area (Å²) in [5.74, 6) is 6.26. The summed E-state index contributed by atoms with van der Waals surface area (Å²) in [5.41, 5.74) is 0. The first-order valence-corrected chi connectivity index (χ1v) is 9.33. The molecule has 0 atom stereocenters. The molecule has 0 aromatic heterocycles. The Morgan fingerprint density at radius 2 is 1.36 bits per heavy atom. The van der Waals surface area contributed by atoms with Crippen molar-refractivity contribution in [3.8, 4) is 11.8 Å². The summed E-state index contributed by atoms with van der Waals surface area (Å²) in [5, 5.41) is 1.83. The summed E-state index contributed by atoms with van der Waals surface area (Å²) in [6, 6.07) is 19.5. The lowest BCUT2D eigenvalue weighted by atomic mass is 10.4. The third-order valence-electron chi connectivity index (χ3n) is 3.42. The van der Waals surface area contributed by atoms with E-state index in [1.165, 1.54) is 0 Å². The van der Waals surface area contributed by atoms with Gasteiger partial charge in [0.05, 0.1) is 6.54 Å². The van der Waals surface area contributed by atoms with Gasteiger partial charge in [0.1, 0.15) is 7.14 Å². The first kappa shape index (κ1) is 16.6. The fourth-order valence-electron chi connectivity index (χ4n) is 2.26. The Morgan fingerprint density at radius 3 is 1.82 bits per heavy atom. The fraction of sp³-hybridized carbons (Fsp3) is 0.263. The van der Waals surface area contributed by atoms with Crippen LogP contribution in [0.1, 0.15) is 6.42 Å². The van der Waals surface area contributed by atoms with Crippen LogP contribution in [-0.4, -0.2) is 31.7 Å². The highest BCUT2D eigenvalue weighted by molar-refractivity contribution is 7.78. The average molecular weight is 311 g/mol. The van der Waals surface area contributed by atoms with E-state index in [0.717, 1.165) is 17.2 Å². The quantitative estimate of drug-likeness (QED) is 0.625. The van der Waals surface area contributed by atoms with Crippen molar-refractivity contribution in [3.05, 3.63) is 60.7 Å². The molecule has 0 saturated carbocycles. The Kier molecular flexibility index (Phi) is 6.01. The van der Waals surface area contributed by atoms with E-state index in [9.17, 15) is 4.57 Å². The van der Waals surface area contributed by atoms with Crippen LogP contribution in [0.5, 0.6) is 0 Å². The maximum Gasteiger partial charge on any atom is 0.144 e. The number of benzene rings is 2. The van der Waals surface area contributed by atoms with Crippen LogP contribution in [-0.2, 0) is 4.57 Å². The lowest BCUT2D eigenvalue weighted by Crippen LogP contribution is -2.18. The van der Waals surface area contributed by atoms with Crippen LogP contribution in [0.15, 0.2) is 60.7 Å². The maximum atomic E-state index is 13.6. The topological polar surface area (TPSA) is 20.3 Å². The average Bonchev–Trinajstić information content (AvgIpc) is 2.55. The zero-order valence-corrected chi connectivity index (χ0v) is 14.1. The van der Waals surface area contributed by atoms with E-state index in [-0.39, 0.29) is 0 Å². The third kappa shape index (κ3) is 4.34. The van der Waals surface area contributed by atoms with Gasteiger partial charge in [-0.05, 0) is 14.1 Å². The molecule has 0 amide bonds. The molecule has 0 aliphatic heterocycles. The summed E-state index contributed by atoms with van der Waals surface area (Å²) in [4.78, 5) is 2.03. The van der Waals surface area contributed by atoms with Crippen molar-refractivity contribution in [2.75, 3.05) is 26.8 Å². The minimum Gasteiger partial charge on any atom is -0.314 e. The number of nitrogens with zero attached hydrogens (tertiary/aromatic N) is 1. The van der Waals surface area contributed by atoms with Crippen LogP contribution in [0.25, 0.3) is 0 Å². The molecule has 2 nitrogen and oxygen atoms in total. The molecule has 0 saturated heterocycles. The predicted octanol–water partition coefficient (Wildman–Crippen LogP) is 2.96. The number of hydrogen-bond donors (Lipinski definition) is 0. The Bertz CT molecular complexity index is 640. The van der Waals surface area contributed by atoms with E-state index in [2.05, 4.69) is 11.8 Å². The molecule has 0 aliphatic rings. The van der Waals surface area contributed by atoms with Crippen LogP contribution in [0, 0.1) is 11.8 Å². The molecule has 2 rings (SSSR count). The third-order valence-corrected chi connectivity index (χ3v) is 6.54. The Morgan fingerprint density at radius 1 is 0.864 bits per heavy atom. The van der Waals surface area contributed by atoms with E-state index in [1.807, 2.05) is 79.7 Å². The van der Waals surface area contributed by atoms with Crippen molar-refractivity contribution in [2.45, 2.75) is 6.42 Å². The van der Waals surface area contributed by atoms with Crippen LogP contribution < -0.4 is 10.6 Å². The molecule has 0 spiro atoms. The van der Waals surface area contributed by atoms with E-state index in [4.69, 9.17) is 0 Å². The zero-order chi connectivity index (χ0) is 15.8. The normalized spacial score (nSPS) is 11.0. The molecule has 2 aromatic carbocycles. The van der Waals surface area contributed by atoms with Gasteiger partial charge < -0.3 is 4.57 Å². The molecule has 2 aromatic rings. The fourth-order valence-corrected chi connectivity index (χ4v) is 4.81. The molecule has 22 heavy (non-hydrogen) atoms. The summed E-state index contributed by atoms with van der Waals surface area (Å²) in [6.07, 6.45) is 1.23. The van der Waals surface area contributed by atoms with Crippen LogP contribution in [0.3, 0.4) is 0 Å². The van der Waals surface area contributed by atoms with E-state index in [1.54, 1.807) is 0 Å². The minimum absolute atomic E-state index is 0.585. The van der Waals surface area contributed by atoms with E-state index >= 15 is 0 Å². The Labute approximate surface area is 133 Å². The van der Waals surface area contributed by atoms with Gasteiger partial charge in [-0.25, -0.2) is 0 Å². The number of rotatable bonds is 5. The van der Waals surface area contributed by atoms with E-state index in [0.29, 0.717) is 12.6 Å². The lowest BCUT2D eigenvalue weighted by molar-refractivity contribution is 0.463. The largest absolute Gasteiger partial charge is 0.314 e. The first-order valence-electron chi connectivity index (χ1n) is 7.44. The predicted molar refractivity (Wildman–Crippen MR) is 95.6 cm³/mol. The first-order chi connectivity index (χ1) is 10.6. The van der Waals surface area contributed by atoms with Crippen molar-refractivity contribution in [2.24, 2.45) is 0 Å². The molecule has 0 fully saturated rings. The molecule has 0 unspecified atom stereocenters. The van der Waals surface area contributed by atoms with Gasteiger partial charge in [0.15, 0.2) is 0 Å². The summed E-state index contributed by atoms with van der Waals surface area (Å²) >= 11 is 0. The highest BCUT2D eigenvalue weighted by Crippen LogP contribution is 2.43. The molecule has 0 bridgehead atoms. The van der Waals surface area contributed by atoms with Gasteiger partial charge in [-0.15, -0.1) is 5.92 Å². The van der Waals surface area contributed by atoms with Crippen molar-refractivity contribution < 1.29 is 4.57 Å². The van der Waals surface area contributed by atoms with Crippen molar-refractivity contribution in [1.82, 2.24) is 4.90 Å². The zero-order valence-electron chi connectivity index (χ0n) is 13.2. The van der Waals surface area contributed by atoms with Gasteiger partial charge in [-0.3, -0.25) is 4.90 Å².